The molecule has 31 heavy (non-hydrogen) atoms. The van der Waals surface area contributed by atoms with Crippen LogP contribution >= 0.6 is 0 Å². The molecule has 0 spiro atoms. The van der Waals surface area contributed by atoms with Gasteiger partial charge >= 0.3 is 0 Å². The maximum atomic E-state index is 12.5. The Labute approximate surface area is 184 Å². The molecule has 1 aromatic carbocycles. The number of nitrogens with zero attached hydrogens (tertiary/aromatic N) is 3. The highest BCUT2D eigenvalue weighted by molar-refractivity contribution is 7.90. The molecule has 0 unspecified atom stereocenters. The lowest BCUT2D eigenvalue weighted by Gasteiger charge is -2.20. The third kappa shape index (κ3) is 4.51. The van der Waals surface area contributed by atoms with Crippen LogP contribution in [-0.4, -0.2) is 23.2 Å². The predicted molar refractivity (Wildman–Crippen MR) is 123 cm³/mol. The first-order valence-corrected chi connectivity index (χ1v) is 12.1. The van der Waals surface area contributed by atoms with E-state index in [4.69, 9.17) is 0 Å². The summed E-state index contributed by atoms with van der Waals surface area (Å²) in [4.78, 5) is 4.42. The van der Waals surface area contributed by atoms with Crippen LogP contribution in [0.15, 0.2) is 42.7 Å². The molecule has 0 amide bonds. The number of nitrogens with one attached hydrogen (secondary N) is 1. The largest absolute Gasteiger partial charge is 0.347 e. The van der Waals surface area contributed by atoms with Gasteiger partial charge in [0.1, 0.15) is 6.07 Å². The fourth-order valence-electron chi connectivity index (χ4n) is 3.96. The van der Waals surface area contributed by atoms with Crippen LogP contribution in [0.2, 0.25) is 0 Å². The summed E-state index contributed by atoms with van der Waals surface area (Å²) in [6, 6.07) is 11.4. The highest BCUT2D eigenvalue weighted by atomic mass is 32.2. The van der Waals surface area contributed by atoms with E-state index in [0.29, 0.717) is 11.3 Å². The van der Waals surface area contributed by atoms with Crippen LogP contribution in [0.5, 0.6) is 0 Å². The highest BCUT2D eigenvalue weighted by Crippen LogP contribution is 2.34. The van der Waals surface area contributed by atoms with Crippen molar-refractivity contribution in [2.75, 3.05) is 0 Å². The van der Waals surface area contributed by atoms with Crippen molar-refractivity contribution in [3.63, 3.8) is 0 Å². The van der Waals surface area contributed by atoms with E-state index in [1.807, 2.05) is 19.1 Å². The zero-order chi connectivity index (χ0) is 22.4. The number of rotatable bonds is 6. The van der Waals surface area contributed by atoms with Crippen LogP contribution in [-0.2, 0) is 16.6 Å². The van der Waals surface area contributed by atoms with Crippen molar-refractivity contribution in [3.8, 4) is 17.3 Å². The fraction of sp³-hybridized carbons (Fsp3) is 0.417. The summed E-state index contributed by atoms with van der Waals surface area (Å²) in [5.41, 5.74) is 4.06. The standard InChI is InChI=1S/C24H28N4O2S/c1-16(27-31(29,30)19-8-9-19)21-14-28(15-24(2,3)4)22-12-17(7-10-20(21)22)23-18(13-25)6-5-11-26-23/h5-7,10-12,14,16,19,27H,8-9,15H2,1-4H3/t16-/m1/s1. The van der Waals surface area contributed by atoms with Gasteiger partial charge in [0.2, 0.25) is 10.0 Å². The Morgan fingerprint density at radius 3 is 2.68 bits per heavy atom. The van der Waals surface area contributed by atoms with Crippen molar-refractivity contribution >= 4 is 20.9 Å². The van der Waals surface area contributed by atoms with Gasteiger partial charge in [-0.1, -0.05) is 32.9 Å². The van der Waals surface area contributed by atoms with Crippen molar-refractivity contribution in [2.45, 2.75) is 58.4 Å². The normalized spacial score (nSPS) is 15.7. The van der Waals surface area contributed by atoms with Crippen LogP contribution in [0.3, 0.4) is 0 Å². The van der Waals surface area contributed by atoms with Crippen molar-refractivity contribution in [2.24, 2.45) is 5.41 Å². The first kappa shape index (κ1) is 21.5. The molecule has 2 aromatic heterocycles. The van der Waals surface area contributed by atoms with Crippen LogP contribution in [0.4, 0.5) is 0 Å². The first-order chi connectivity index (χ1) is 14.6. The van der Waals surface area contributed by atoms with E-state index in [9.17, 15) is 13.7 Å². The molecule has 7 heteroatoms. The summed E-state index contributed by atoms with van der Waals surface area (Å²) in [7, 11) is -3.29. The van der Waals surface area contributed by atoms with E-state index in [2.05, 4.69) is 53.4 Å². The molecule has 1 atom stereocenters. The predicted octanol–water partition coefficient (Wildman–Crippen LogP) is 4.76. The van der Waals surface area contributed by atoms with E-state index >= 15 is 0 Å². The van der Waals surface area contributed by atoms with E-state index in [1.165, 1.54) is 0 Å². The van der Waals surface area contributed by atoms with Gasteiger partial charge in [-0.25, -0.2) is 13.1 Å². The summed E-state index contributed by atoms with van der Waals surface area (Å²) in [5.74, 6) is 0. The summed E-state index contributed by atoms with van der Waals surface area (Å²) < 4.78 is 30.1. The number of hydrogen-bond donors (Lipinski definition) is 1. The average Bonchev–Trinajstić information content (AvgIpc) is 3.51. The molecule has 1 N–H and O–H groups in total. The lowest BCUT2D eigenvalue weighted by Crippen LogP contribution is -2.29. The van der Waals surface area contributed by atoms with Gasteiger partial charge in [0, 0.05) is 41.4 Å². The van der Waals surface area contributed by atoms with Crippen molar-refractivity contribution in [1.29, 1.82) is 5.26 Å². The second-order valence-electron chi connectivity index (χ2n) is 9.60. The van der Waals surface area contributed by atoms with Crippen molar-refractivity contribution < 1.29 is 8.42 Å². The molecule has 4 rings (SSSR count). The Hall–Kier alpha value is -2.69. The Balaban J connectivity index is 1.82. The second-order valence-corrected chi connectivity index (χ2v) is 11.6. The molecule has 0 saturated heterocycles. The van der Waals surface area contributed by atoms with E-state index in [0.717, 1.165) is 41.4 Å². The summed E-state index contributed by atoms with van der Waals surface area (Å²) in [6.07, 6.45) is 5.23. The smallest absolute Gasteiger partial charge is 0.215 e. The van der Waals surface area contributed by atoms with Gasteiger partial charge in [0.25, 0.3) is 0 Å². The molecule has 1 aliphatic carbocycles. The maximum absolute atomic E-state index is 12.5. The molecule has 6 nitrogen and oxygen atoms in total. The topological polar surface area (TPSA) is 87.8 Å². The molecule has 0 aliphatic heterocycles. The Kier molecular flexibility index (Phi) is 5.40. The SMILES string of the molecule is C[C@@H](NS(=O)(=O)C1CC1)c1cn(CC(C)(C)C)c2cc(-c3ncccc3C#N)ccc12. The zero-order valence-corrected chi connectivity index (χ0v) is 19.2. The summed E-state index contributed by atoms with van der Waals surface area (Å²) >= 11 is 0. The molecule has 0 radical (unpaired) electrons. The monoisotopic (exact) mass is 436 g/mol. The summed E-state index contributed by atoms with van der Waals surface area (Å²) in [5, 5.41) is 10.2. The van der Waals surface area contributed by atoms with Crippen LogP contribution in [0.25, 0.3) is 22.2 Å². The van der Waals surface area contributed by atoms with Gasteiger partial charge < -0.3 is 4.57 Å². The maximum Gasteiger partial charge on any atom is 0.215 e. The highest BCUT2D eigenvalue weighted by Gasteiger charge is 2.37. The molecule has 2 heterocycles. The molecule has 162 valence electrons. The molecule has 1 fully saturated rings. The Bertz CT molecular complexity index is 1280. The number of fused-ring (bicyclic) bond motifs is 1. The molecule has 1 saturated carbocycles. The zero-order valence-electron chi connectivity index (χ0n) is 18.4. The van der Waals surface area contributed by atoms with Gasteiger partial charge in [0.05, 0.1) is 16.5 Å². The third-order valence-corrected chi connectivity index (χ3v) is 7.56. The van der Waals surface area contributed by atoms with E-state index < -0.39 is 10.0 Å². The molecule has 3 aromatic rings. The number of nitriles is 1. The molecular formula is C24H28N4O2S. The second kappa shape index (κ2) is 7.77. The van der Waals surface area contributed by atoms with E-state index in [-0.39, 0.29) is 16.7 Å². The number of sulfonamides is 1. The quantitative estimate of drug-likeness (QED) is 0.603. The van der Waals surface area contributed by atoms with Gasteiger partial charge in [-0.15, -0.1) is 0 Å². The molecule has 1 aliphatic rings. The fourth-order valence-corrected chi connectivity index (χ4v) is 5.53. The molecule has 0 bridgehead atoms. The number of aromatic nitrogens is 2. The van der Waals surface area contributed by atoms with Gasteiger partial charge in [-0.3, -0.25) is 4.98 Å². The first-order valence-electron chi connectivity index (χ1n) is 10.6. The number of benzene rings is 1. The minimum atomic E-state index is -3.29. The van der Waals surface area contributed by atoms with E-state index in [1.54, 1.807) is 18.3 Å². The minimum absolute atomic E-state index is 0.0405. The van der Waals surface area contributed by atoms with Gasteiger partial charge in [0.15, 0.2) is 0 Å². The Morgan fingerprint density at radius 1 is 1.29 bits per heavy atom. The number of hydrogen-bond acceptors (Lipinski definition) is 4. The Morgan fingerprint density at radius 2 is 2.03 bits per heavy atom. The van der Waals surface area contributed by atoms with Gasteiger partial charge in [-0.05, 0) is 48.9 Å². The van der Waals surface area contributed by atoms with Crippen LogP contribution in [0, 0.1) is 16.7 Å². The third-order valence-electron chi connectivity index (χ3n) is 5.53. The lowest BCUT2D eigenvalue weighted by molar-refractivity contribution is 0.349. The average molecular weight is 437 g/mol. The minimum Gasteiger partial charge on any atom is -0.347 e. The van der Waals surface area contributed by atoms with Crippen LogP contribution < -0.4 is 4.72 Å². The lowest BCUT2D eigenvalue weighted by atomic mass is 9.97. The van der Waals surface area contributed by atoms with Crippen molar-refractivity contribution in [1.82, 2.24) is 14.3 Å². The van der Waals surface area contributed by atoms with Gasteiger partial charge in [-0.2, -0.15) is 5.26 Å². The van der Waals surface area contributed by atoms with Crippen molar-refractivity contribution in [3.05, 3.63) is 53.9 Å². The molecular weight excluding hydrogens is 408 g/mol. The summed E-state index contributed by atoms with van der Waals surface area (Å²) in [6.45, 7) is 9.20. The number of pyridine rings is 1. The van der Waals surface area contributed by atoms with Crippen LogP contribution in [0.1, 0.15) is 57.7 Å².